The Bertz CT molecular complexity index is 707. The molecule has 3 rings (SSSR count). The van der Waals surface area contributed by atoms with Gasteiger partial charge in [-0.15, -0.1) is 10.2 Å². The first-order chi connectivity index (χ1) is 12.1. The molecule has 0 radical (unpaired) electrons. The van der Waals surface area contributed by atoms with Crippen LogP contribution in [0.1, 0.15) is 25.7 Å². The van der Waals surface area contributed by atoms with E-state index in [4.69, 9.17) is 16.0 Å². The van der Waals surface area contributed by atoms with Crippen LogP contribution in [0.4, 0.5) is 5.69 Å². The van der Waals surface area contributed by atoms with Crippen LogP contribution in [0.15, 0.2) is 33.9 Å². The number of carbonyl (C=O) groups is 1. The van der Waals surface area contributed by atoms with Crippen molar-refractivity contribution in [3.8, 4) is 0 Å². The van der Waals surface area contributed by atoms with Gasteiger partial charge in [-0.25, -0.2) is 0 Å². The van der Waals surface area contributed by atoms with Crippen LogP contribution >= 0.6 is 23.4 Å². The zero-order valence-electron chi connectivity index (χ0n) is 14.1. The first kappa shape index (κ1) is 18.1. The molecule has 25 heavy (non-hydrogen) atoms. The lowest BCUT2D eigenvalue weighted by atomic mass is 10.0. The van der Waals surface area contributed by atoms with Crippen molar-refractivity contribution in [2.75, 3.05) is 24.2 Å². The lowest BCUT2D eigenvalue weighted by molar-refractivity contribution is -0.130. The second kappa shape index (κ2) is 8.58. The molecule has 2 heterocycles. The number of piperidine rings is 1. The summed E-state index contributed by atoms with van der Waals surface area (Å²) in [4.78, 5) is 14.2. The Labute approximate surface area is 156 Å². The second-order valence-electron chi connectivity index (χ2n) is 6.20. The van der Waals surface area contributed by atoms with Gasteiger partial charge in [-0.05, 0) is 43.0 Å². The summed E-state index contributed by atoms with van der Waals surface area (Å²) in [6, 6.07) is 7.39. The van der Waals surface area contributed by atoms with Crippen LogP contribution in [0.25, 0.3) is 0 Å². The summed E-state index contributed by atoms with van der Waals surface area (Å²) >= 11 is 7.15. The van der Waals surface area contributed by atoms with Gasteiger partial charge < -0.3 is 14.6 Å². The van der Waals surface area contributed by atoms with Gasteiger partial charge in [0.1, 0.15) is 0 Å². The maximum Gasteiger partial charge on any atom is 0.277 e. The highest BCUT2D eigenvalue weighted by Crippen LogP contribution is 2.20. The Morgan fingerprint density at radius 2 is 2.20 bits per heavy atom. The molecule has 1 aromatic carbocycles. The monoisotopic (exact) mass is 380 g/mol. The van der Waals surface area contributed by atoms with Crippen LogP contribution in [0.2, 0.25) is 5.02 Å². The molecule has 0 saturated carbocycles. The number of hydrogen-bond acceptors (Lipinski definition) is 6. The quantitative estimate of drug-likeness (QED) is 0.770. The Morgan fingerprint density at radius 3 is 2.96 bits per heavy atom. The number of anilines is 1. The van der Waals surface area contributed by atoms with Crippen molar-refractivity contribution >= 4 is 35.0 Å². The summed E-state index contributed by atoms with van der Waals surface area (Å²) in [5.74, 6) is 1.53. The minimum Gasteiger partial charge on any atom is -0.414 e. The lowest BCUT2D eigenvalue weighted by Crippen LogP contribution is -2.40. The van der Waals surface area contributed by atoms with Crippen molar-refractivity contribution in [1.82, 2.24) is 15.1 Å². The van der Waals surface area contributed by atoms with Gasteiger partial charge in [0.15, 0.2) is 0 Å². The molecule has 1 fully saturated rings. The molecule has 1 atom stereocenters. The zero-order valence-corrected chi connectivity index (χ0v) is 15.6. The number of thioether (sulfide) groups is 1. The van der Waals surface area contributed by atoms with Crippen LogP contribution in [-0.2, 0) is 11.3 Å². The van der Waals surface area contributed by atoms with Crippen LogP contribution in [0, 0.1) is 5.92 Å². The highest BCUT2D eigenvalue weighted by Gasteiger charge is 2.21. The Balaban J connectivity index is 1.45. The lowest BCUT2D eigenvalue weighted by Gasteiger charge is -2.30. The van der Waals surface area contributed by atoms with Crippen molar-refractivity contribution in [3.05, 3.63) is 35.2 Å². The maximum absolute atomic E-state index is 12.3. The number of nitrogens with zero attached hydrogens (tertiary/aromatic N) is 3. The molecule has 6 nitrogen and oxygen atoms in total. The molecule has 2 aromatic rings. The molecule has 1 amide bonds. The van der Waals surface area contributed by atoms with Crippen LogP contribution in [0.3, 0.4) is 0 Å². The molecule has 1 aliphatic heterocycles. The summed E-state index contributed by atoms with van der Waals surface area (Å²) in [5.41, 5.74) is 0.922. The van der Waals surface area contributed by atoms with E-state index in [0.29, 0.717) is 34.4 Å². The van der Waals surface area contributed by atoms with E-state index < -0.39 is 0 Å². The van der Waals surface area contributed by atoms with Crippen molar-refractivity contribution in [3.63, 3.8) is 0 Å². The van der Waals surface area contributed by atoms with Gasteiger partial charge in [0.05, 0.1) is 12.3 Å². The summed E-state index contributed by atoms with van der Waals surface area (Å²) in [6.07, 6.45) is 2.28. The number of hydrogen-bond donors (Lipinski definition) is 1. The van der Waals surface area contributed by atoms with Crippen LogP contribution in [-0.4, -0.2) is 39.8 Å². The molecule has 8 heteroatoms. The standard InChI is InChI=1S/C17H21ClN4O2S/c1-12-3-2-8-22(10-12)16(23)11-25-17-21-20-15(24-17)9-19-14-6-4-13(18)5-7-14/h4-7,12,19H,2-3,8-11H2,1H3/t12-/m0/s1. The number of halogens is 1. The summed E-state index contributed by atoms with van der Waals surface area (Å²) < 4.78 is 5.57. The van der Waals surface area contributed by atoms with Crippen molar-refractivity contribution in [2.45, 2.75) is 31.5 Å². The fourth-order valence-corrected chi connectivity index (χ4v) is 3.55. The number of rotatable bonds is 6. The molecule has 0 spiro atoms. The van der Waals surface area contributed by atoms with E-state index in [0.717, 1.165) is 25.2 Å². The Hall–Kier alpha value is -1.73. The number of amides is 1. The average molecular weight is 381 g/mol. The van der Waals surface area contributed by atoms with Gasteiger partial charge >= 0.3 is 0 Å². The Kier molecular flexibility index (Phi) is 6.20. The van der Waals surface area contributed by atoms with Crippen molar-refractivity contribution in [2.24, 2.45) is 5.92 Å². The Morgan fingerprint density at radius 1 is 1.40 bits per heavy atom. The highest BCUT2D eigenvalue weighted by molar-refractivity contribution is 7.99. The first-order valence-corrected chi connectivity index (χ1v) is 9.69. The third kappa shape index (κ3) is 5.37. The molecule has 0 aliphatic carbocycles. The molecule has 134 valence electrons. The predicted molar refractivity (Wildman–Crippen MR) is 98.8 cm³/mol. The van der Waals surface area contributed by atoms with E-state index in [1.54, 1.807) is 0 Å². The van der Waals surface area contributed by atoms with Gasteiger partial charge in [-0.3, -0.25) is 4.79 Å². The minimum absolute atomic E-state index is 0.135. The molecule has 0 bridgehead atoms. The zero-order chi connectivity index (χ0) is 17.6. The van der Waals surface area contributed by atoms with Crippen LogP contribution < -0.4 is 5.32 Å². The van der Waals surface area contributed by atoms with E-state index in [1.165, 1.54) is 18.2 Å². The fraction of sp³-hybridized carbons (Fsp3) is 0.471. The van der Waals surface area contributed by atoms with Gasteiger partial charge in [-0.2, -0.15) is 0 Å². The van der Waals surface area contributed by atoms with E-state index in [-0.39, 0.29) is 5.91 Å². The molecular weight excluding hydrogens is 360 g/mol. The molecule has 1 aromatic heterocycles. The number of nitrogens with one attached hydrogen (secondary N) is 1. The maximum atomic E-state index is 12.3. The summed E-state index contributed by atoms with van der Waals surface area (Å²) in [5, 5.41) is 12.3. The largest absolute Gasteiger partial charge is 0.414 e. The summed E-state index contributed by atoms with van der Waals surface area (Å²) in [6.45, 7) is 4.31. The van der Waals surface area contributed by atoms with E-state index in [1.807, 2.05) is 29.2 Å². The molecule has 0 unspecified atom stereocenters. The van der Waals surface area contributed by atoms with Gasteiger partial charge in [0.2, 0.25) is 11.8 Å². The third-order valence-corrected chi connectivity index (χ3v) is 5.12. The number of aromatic nitrogens is 2. The molecular formula is C17H21ClN4O2S. The predicted octanol–water partition coefficient (Wildman–Crippen LogP) is 3.69. The third-order valence-electron chi connectivity index (χ3n) is 4.07. The minimum atomic E-state index is 0.135. The average Bonchev–Trinajstić information content (AvgIpc) is 3.07. The fourth-order valence-electron chi connectivity index (χ4n) is 2.74. The van der Waals surface area contributed by atoms with E-state index in [2.05, 4.69) is 22.4 Å². The van der Waals surface area contributed by atoms with E-state index in [9.17, 15) is 4.79 Å². The van der Waals surface area contributed by atoms with Gasteiger partial charge in [0.25, 0.3) is 5.22 Å². The van der Waals surface area contributed by atoms with Crippen molar-refractivity contribution in [1.29, 1.82) is 0 Å². The van der Waals surface area contributed by atoms with Gasteiger partial charge in [0, 0.05) is 23.8 Å². The number of carbonyl (C=O) groups excluding carboxylic acids is 1. The van der Waals surface area contributed by atoms with Crippen molar-refractivity contribution < 1.29 is 9.21 Å². The number of likely N-dealkylation sites (tertiary alicyclic amines) is 1. The highest BCUT2D eigenvalue weighted by atomic mass is 35.5. The summed E-state index contributed by atoms with van der Waals surface area (Å²) in [7, 11) is 0. The normalized spacial score (nSPS) is 17.5. The smallest absolute Gasteiger partial charge is 0.277 e. The van der Waals surface area contributed by atoms with Crippen LogP contribution in [0.5, 0.6) is 0 Å². The number of benzene rings is 1. The topological polar surface area (TPSA) is 71.3 Å². The SMILES string of the molecule is C[C@H]1CCCN(C(=O)CSc2nnc(CNc3ccc(Cl)cc3)o2)C1. The second-order valence-corrected chi connectivity index (χ2v) is 7.56. The molecule has 1 N–H and O–H groups in total. The molecule has 1 saturated heterocycles. The first-order valence-electron chi connectivity index (χ1n) is 8.32. The van der Waals surface area contributed by atoms with Gasteiger partial charge in [-0.1, -0.05) is 30.3 Å². The van der Waals surface area contributed by atoms with E-state index >= 15 is 0 Å². The molecule has 1 aliphatic rings.